The highest BCUT2D eigenvalue weighted by atomic mass is 35.5. The summed E-state index contributed by atoms with van der Waals surface area (Å²) in [5.74, 6) is 0.536. The van der Waals surface area contributed by atoms with Crippen molar-refractivity contribution in [2.24, 2.45) is 7.05 Å². The second kappa shape index (κ2) is 5.39. The number of nitrogens with zero attached hydrogens (tertiary/aromatic N) is 3. The van der Waals surface area contributed by atoms with Crippen LogP contribution in [0, 0.1) is 0 Å². The molecule has 1 aromatic carbocycles. The maximum Gasteiger partial charge on any atom is 0.129 e. The topological polar surface area (TPSA) is 56.7 Å². The highest BCUT2D eigenvalue weighted by molar-refractivity contribution is 6.39. The number of nitrogen functional groups attached to an aromatic ring is 1. The first-order chi connectivity index (χ1) is 10.1. The van der Waals surface area contributed by atoms with Crippen molar-refractivity contribution in [3.05, 3.63) is 52.8 Å². The lowest BCUT2D eigenvalue weighted by Gasteiger charge is -2.07. The lowest BCUT2D eigenvalue weighted by atomic mass is 10.0. The van der Waals surface area contributed by atoms with Crippen LogP contribution in [-0.4, -0.2) is 14.8 Å². The molecule has 0 saturated heterocycles. The molecule has 0 aliphatic rings. The van der Waals surface area contributed by atoms with Crippen LogP contribution in [0.4, 0.5) is 5.82 Å². The van der Waals surface area contributed by atoms with Gasteiger partial charge in [0.1, 0.15) is 11.5 Å². The van der Waals surface area contributed by atoms with Gasteiger partial charge in [0, 0.05) is 30.6 Å². The Morgan fingerprint density at radius 3 is 2.38 bits per heavy atom. The Labute approximate surface area is 132 Å². The molecular formula is C15H12Cl2N4. The summed E-state index contributed by atoms with van der Waals surface area (Å²) in [6.45, 7) is 0. The van der Waals surface area contributed by atoms with Crippen molar-refractivity contribution in [3.8, 4) is 22.4 Å². The Morgan fingerprint density at radius 1 is 1.05 bits per heavy atom. The number of pyridine rings is 1. The molecule has 0 saturated carbocycles. The molecule has 2 N–H and O–H groups in total. The third-order valence-electron chi connectivity index (χ3n) is 3.24. The fourth-order valence-corrected chi connectivity index (χ4v) is 2.81. The average Bonchev–Trinajstić information content (AvgIpc) is 2.75. The summed E-state index contributed by atoms with van der Waals surface area (Å²) in [5.41, 5.74) is 9.13. The highest BCUT2D eigenvalue weighted by Gasteiger charge is 2.21. The van der Waals surface area contributed by atoms with E-state index in [2.05, 4.69) is 10.1 Å². The largest absolute Gasteiger partial charge is 0.383 e. The van der Waals surface area contributed by atoms with Crippen LogP contribution in [0.5, 0.6) is 0 Å². The maximum atomic E-state index is 6.29. The van der Waals surface area contributed by atoms with Crippen molar-refractivity contribution in [3.63, 3.8) is 0 Å². The predicted molar refractivity (Wildman–Crippen MR) is 86.3 cm³/mol. The molecule has 0 fully saturated rings. The molecule has 2 aromatic heterocycles. The molecular weight excluding hydrogens is 307 g/mol. The van der Waals surface area contributed by atoms with Crippen LogP contribution in [0.2, 0.25) is 10.0 Å². The molecule has 0 bridgehead atoms. The van der Waals surface area contributed by atoms with E-state index >= 15 is 0 Å². The lowest BCUT2D eigenvalue weighted by Crippen LogP contribution is -1.98. The van der Waals surface area contributed by atoms with E-state index in [1.807, 2.05) is 12.1 Å². The Bertz CT molecular complexity index is 777. The zero-order valence-electron chi connectivity index (χ0n) is 11.2. The smallest absolute Gasteiger partial charge is 0.129 e. The standard InChI is InChI=1S/C15H12Cl2N4/c1-21-15(18)12(9-4-3-7-19-8-9)14(20-21)13-10(16)5-2-6-11(13)17/h2-8H,18H2,1H3. The van der Waals surface area contributed by atoms with Gasteiger partial charge < -0.3 is 5.73 Å². The van der Waals surface area contributed by atoms with Crippen LogP contribution < -0.4 is 5.73 Å². The summed E-state index contributed by atoms with van der Waals surface area (Å²) in [5, 5.41) is 5.54. The molecule has 0 atom stereocenters. The number of hydrogen-bond acceptors (Lipinski definition) is 3. The second-order valence-electron chi connectivity index (χ2n) is 4.57. The van der Waals surface area contributed by atoms with Gasteiger partial charge in [-0.05, 0) is 18.2 Å². The molecule has 0 aliphatic carbocycles. The number of aromatic nitrogens is 3. The number of rotatable bonds is 2. The van der Waals surface area contributed by atoms with Crippen molar-refractivity contribution >= 4 is 29.0 Å². The fourth-order valence-electron chi connectivity index (χ4n) is 2.23. The number of anilines is 1. The minimum Gasteiger partial charge on any atom is -0.383 e. The number of nitrogens with two attached hydrogens (primary N) is 1. The van der Waals surface area contributed by atoms with Gasteiger partial charge in [-0.1, -0.05) is 35.3 Å². The van der Waals surface area contributed by atoms with Crippen LogP contribution in [0.15, 0.2) is 42.7 Å². The first-order valence-corrected chi connectivity index (χ1v) is 7.02. The van der Waals surface area contributed by atoms with E-state index in [-0.39, 0.29) is 0 Å². The van der Waals surface area contributed by atoms with Crippen LogP contribution in [-0.2, 0) is 7.05 Å². The van der Waals surface area contributed by atoms with Crippen LogP contribution in [0.25, 0.3) is 22.4 Å². The molecule has 0 aliphatic heterocycles. The second-order valence-corrected chi connectivity index (χ2v) is 5.39. The molecule has 0 unspecified atom stereocenters. The van der Waals surface area contributed by atoms with E-state index in [9.17, 15) is 0 Å². The summed E-state index contributed by atoms with van der Waals surface area (Å²) in [6.07, 6.45) is 3.44. The van der Waals surface area contributed by atoms with Crippen molar-refractivity contribution < 1.29 is 0 Å². The van der Waals surface area contributed by atoms with Gasteiger partial charge in [-0.15, -0.1) is 0 Å². The molecule has 0 amide bonds. The Hall–Kier alpha value is -2.04. The van der Waals surface area contributed by atoms with E-state index < -0.39 is 0 Å². The number of benzene rings is 1. The van der Waals surface area contributed by atoms with Gasteiger partial charge in [-0.2, -0.15) is 5.10 Å². The SMILES string of the molecule is Cn1nc(-c2c(Cl)cccc2Cl)c(-c2cccnc2)c1N. The molecule has 21 heavy (non-hydrogen) atoms. The minimum absolute atomic E-state index is 0.533. The number of halogens is 2. The summed E-state index contributed by atoms with van der Waals surface area (Å²) >= 11 is 12.6. The van der Waals surface area contributed by atoms with Crippen molar-refractivity contribution in [1.82, 2.24) is 14.8 Å². The zero-order valence-corrected chi connectivity index (χ0v) is 12.7. The van der Waals surface area contributed by atoms with Gasteiger partial charge in [-0.25, -0.2) is 0 Å². The van der Waals surface area contributed by atoms with Crippen LogP contribution >= 0.6 is 23.2 Å². The molecule has 0 spiro atoms. The summed E-state index contributed by atoms with van der Waals surface area (Å²) in [6, 6.07) is 9.12. The third-order valence-corrected chi connectivity index (χ3v) is 3.87. The molecule has 6 heteroatoms. The van der Waals surface area contributed by atoms with Crippen molar-refractivity contribution in [2.45, 2.75) is 0 Å². The molecule has 2 heterocycles. The van der Waals surface area contributed by atoms with E-state index in [0.717, 1.165) is 11.1 Å². The minimum atomic E-state index is 0.533. The maximum absolute atomic E-state index is 6.29. The summed E-state index contributed by atoms with van der Waals surface area (Å²) in [4.78, 5) is 4.13. The van der Waals surface area contributed by atoms with E-state index in [1.165, 1.54) is 0 Å². The van der Waals surface area contributed by atoms with E-state index in [0.29, 0.717) is 27.1 Å². The van der Waals surface area contributed by atoms with Gasteiger partial charge in [0.05, 0.1) is 15.6 Å². The molecule has 3 rings (SSSR count). The highest BCUT2D eigenvalue weighted by Crippen LogP contribution is 2.41. The Morgan fingerprint density at radius 2 is 1.76 bits per heavy atom. The summed E-state index contributed by atoms with van der Waals surface area (Å²) < 4.78 is 1.61. The van der Waals surface area contributed by atoms with Gasteiger partial charge >= 0.3 is 0 Å². The van der Waals surface area contributed by atoms with Crippen LogP contribution in [0.3, 0.4) is 0 Å². The Kier molecular flexibility index (Phi) is 3.57. The van der Waals surface area contributed by atoms with Crippen molar-refractivity contribution in [2.75, 3.05) is 5.73 Å². The molecule has 0 radical (unpaired) electrons. The summed E-state index contributed by atoms with van der Waals surface area (Å²) in [7, 11) is 1.78. The monoisotopic (exact) mass is 318 g/mol. The third kappa shape index (κ3) is 2.37. The Balaban J connectivity index is 2.33. The first-order valence-electron chi connectivity index (χ1n) is 6.27. The quantitative estimate of drug-likeness (QED) is 0.775. The average molecular weight is 319 g/mol. The fraction of sp³-hybridized carbons (Fsp3) is 0.0667. The van der Waals surface area contributed by atoms with E-state index in [1.54, 1.807) is 42.3 Å². The lowest BCUT2D eigenvalue weighted by molar-refractivity contribution is 0.782. The molecule has 4 nitrogen and oxygen atoms in total. The van der Waals surface area contributed by atoms with Crippen LogP contribution in [0.1, 0.15) is 0 Å². The van der Waals surface area contributed by atoms with Gasteiger partial charge in [-0.3, -0.25) is 9.67 Å². The number of aryl methyl sites for hydroxylation is 1. The first kappa shape index (κ1) is 13.9. The molecule has 106 valence electrons. The van der Waals surface area contributed by atoms with Crippen molar-refractivity contribution in [1.29, 1.82) is 0 Å². The van der Waals surface area contributed by atoms with Gasteiger partial charge in [0.2, 0.25) is 0 Å². The van der Waals surface area contributed by atoms with Gasteiger partial charge in [0.25, 0.3) is 0 Å². The molecule has 3 aromatic rings. The predicted octanol–water partition coefficient (Wildman–Crippen LogP) is 4.04. The zero-order chi connectivity index (χ0) is 15.0. The normalized spacial score (nSPS) is 10.8. The van der Waals surface area contributed by atoms with Gasteiger partial charge in [0.15, 0.2) is 0 Å². The number of hydrogen-bond donors (Lipinski definition) is 1. The van der Waals surface area contributed by atoms with E-state index in [4.69, 9.17) is 28.9 Å².